The fraction of sp³-hybridized carbons (Fsp3) is 0.954. The number of carbonyl (C=O) groups is 4. The molecule has 0 aromatic rings. The Morgan fingerprint density at radius 2 is 0.481 bits per heavy atom. The van der Waals surface area contributed by atoms with Crippen molar-refractivity contribution >= 4 is 39.5 Å². The van der Waals surface area contributed by atoms with Crippen molar-refractivity contribution in [2.45, 2.75) is 478 Å². The normalized spacial score (nSPS) is 14.1. The maximum Gasteiger partial charge on any atom is 0.472 e. The number of carbonyl (C=O) groups excluding carboxylic acids is 4. The number of hydrogen-bond acceptors (Lipinski definition) is 15. The van der Waals surface area contributed by atoms with Crippen LogP contribution in [0.4, 0.5) is 0 Å². The van der Waals surface area contributed by atoms with Gasteiger partial charge in [-0.1, -0.05) is 408 Å². The SMILES string of the molecule is CCCCCCCCCCCCCCCCCCCCCC(=O)O[C@H](COC(=O)CCCCCCCCCCCCCCCCCC(C)C)COP(=O)(O)OC[C@@H](O)COP(=O)(O)OC[C@@H](COC(=O)CCCCCCCCCCC(C)C)OC(=O)CCCCCCCCCCCCCCCCC(C)CC. The highest BCUT2D eigenvalue weighted by atomic mass is 31.2. The van der Waals surface area contributed by atoms with E-state index in [1.54, 1.807) is 0 Å². The zero-order valence-corrected chi connectivity index (χ0v) is 71.7. The molecule has 17 nitrogen and oxygen atoms in total. The lowest BCUT2D eigenvalue weighted by atomic mass is 9.99. The number of esters is 4. The van der Waals surface area contributed by atoms with Gasteiger partial charge < -0.3 is 33.8 Å². The van der Waals surface area contributed by atoms with Gasteiger partial charge in [-0.15, -0.1) is 0 Å². The van der Waals surface area contributed by atoms with E-state index in [-0.39, 0.29) is 25.7 Å². The molecule has 106 heavy (non-hydrogen) atoms. The number of phosphoric acid groups is 2. The average molecular weight is 1550 g/mol. The molecule has 0 fully saturated rings. The van der Waals surface area contributed by atoms with Crippen molar-refractivity contribution in [3.8, 4) is 0 Å². The third-order valence-corrected chi connectivity index (χ3v) is 22.6. The maximum absolute atomic E-state index is 13.2. The van der Waals surface area contributed by atoms with Crippen LogP contribution in [-0.2, 0) is 65.4 Å². The minimum absolute atomic E-state index is 0.107. The summed E-state index contributed by atoms with van der Waals surface area (Å²) in [5.41, 5.74) is 0. The molecule has 0 heterocycles. The van der Waals surface area contributed by atoms with E-state index in [1.807, 2.05) is 0 Å². The third-order valence-electron chi connectivity index (χ3n) is 20.7. The summed E-state index contributed by atoms with van der Waals surface area (Å²) >= 11 is 0. The lowest BCUT2D eigenvalue weighted by Gasteiger charge is -2.21. The number of phosphoric ester groups is 2. The molecule has 3 unspecified atom stereocenters. The molecule has 0 amide bonds. The molecule has 0 radical (unpaired) electrons. The smallest absolute Gasteiger partial charge is 0.462 e. The molecule has 0 spiro atoms. The van der Waals surface area contributed by atoms with Gasteiger partial charge >= 0.3 is 39.5 Å². The first-order valence-electron chi connectivity index (χ1n) is 44.9. The van der Waals surface area contributed by atoms with Gasteiger partial charge in [0, 0.05) is 25.7 Å². The van der Waals surface area contributed by atoms with Gasteiger partial charge in [-0.05, 0) is 43.4 Å². The van der Waals surface area contributed by atoms with Crippen LogP contribution < -0.4 is 0 Å². The first-order chi connectivity index (χ1) is 51.3. The van der Waals surface area contributed by atoms with E-state index in [1.165, 1.54) is 270 Å². The van der Waals surface area contributed by atoms with Crippen molar-refractivity contribution in [3.05, 3.63) is 0 Å². The van der Waals surface area contributed by atoms with E-state index in [4.69, 9.17) is 37.0 Å². The molecule has 0 saturated carbocycles. The number of rotatable bonds is 85. The third kappa shape index (κ3) is 78.7. The van der Waals surface area contributed by atoms with E-state index < -0.39 is 97.5 Å². The molecule has 630 valence electrons. The van der Waals surface area contributed by atoms with Crippen LogP contribution in [0.25, 0.3) is 0 Å². The lowest BCUT2D eigenvalue weighted by Crippen LogP contribution is -2.30. The summed E-state index contributed by atoms with van der Waals surface area (Å²) in [6.07, 6.45) is 68.0. The van der Waals surface area contributed by atoms with Crippen molar-refractivity contribution in [2.75, 3.05) is 39.6 Å². The van der Waals surface area contributed by atoms with Crippen molar-refractivity contribution in [1.29, 1.82) is 0 Å². The number of ether oxygens (including phenoxy) is 4. The molecule has 0 rings (SSSR count). The second-order valence-electron chi connectivity index (χ2n) is 32.5. The van der Waals surface area contributed by atoms with Crippen LogP contribution in [-0.4, -0.2) is 96.7 Å². The number of unbranched alkanes of at least 4 members (excludes halogenated alkanes) is 52. The zero-order chi connectivity index (χ0) is 77.9. The molecular formula is C87H170O17P2. The second kappa shape index (κ2) is 77.0. The lowest BCUT2D eigenvalue weighted by molar-refractivity contribution is -0.161. The average Bonchev–Trinajstić information content (AvgIpc) is 0.989. The standard InChI is InChI=1S/C87H170O17P2/c1-8-10-11-12-13-14-15-16-17-18-19-20-23-30-35-40-49-56-63-70-86(91)103-82(74-97-84(89)68-61-54-47-39-34-29-24-21-22-27-32-37-44-51-58-65-78(3)4)76-101-105(93,94)99-72-81(88)73-100-106(95,96)102-77-83(75-98-85(90)69-62-55-48-43-42-45-52-59-66-79(5)6)104-87(92)71-64-57-50-41-36-31-26-25-28-33-38-46-53-60-67-80(7)9-2/h78-83,88H,8-77H2,1-7H3,(H,93,94)(H,95,96)/t80?,81-,82-,83-/m1/s1. The first-order valence-corrected chi connectivity index (χ1v) is 47.9. The summed E-state index contributed by atoms with van der Waals surface area (Å²) in [6, 6.07) is 0. The van der Waals surface area contributed by atoms with Crippen molar-refractivity contribution in [3.63, 3.8) is 0 Å². The molecule has 3 N–H and O–H groups in total. The topological polar surface area (TPSA) is 237 Å². The van der Waals surface area contributed by atoms with Crippen LogP contribution in [0.1, 0.15) is 459 Å². The minimum Gasteiger partial charge on any atom is -0.462 e. The molecule has 6 atom stereocenters. The van der Waals surface area contributed by atoms with E-state index in [0.717, 1.165) is 108 Å². The molecule has 0 aliphatic carbocycles. The predicted octanol–water partition coefficient (Wildman–Crippen LogP) is 26.5. The van der Waals surface area contributed by atoms with Gasteiger partial charge in [-0.25, -0.2) is 9.13 Å². The van der Waals surface area contributed by atoms with Gasteiger partial charge in [-0.3, -0.25) is 37.3 Å². The Kier molecular flexibility index (Phi) is 75.6. The largest absolute Gasteiger partial charge is 0.472 e. The van der Waals surface area contributed by atoms with Crippen LogP contribution in [0.3, 0.4) is 0 Å². The molecule has 0 aromatic heterocycles. The fourth-order valence-corrected chi connectivity index (χ4v) is 15.1. The Labute approximate surface area is 651 Å². The Bertz CT molecular complexity index is 2050. The molecule has 0 aliphatic heterocycles. The predicted molar refractivity (Wildman–Crippen MR) is 437 cm³/mol. The number of aliphatic hydroxyl groups is 1. The quantitative estimate of drug-likeness (QED) is 0.0222. The van der Waals surface area contributed by atoms with Gasteiger partial charge in [-0.2, -0.15) is 0 Å². The highest BCUT2D eigenvalue weighted by Gasteiger charge is 2.31. The monoisotopic (exact) mass is 1550 g/mol. The van der Waals surface area contributed by atoms with E-state index in [0.29, 0.717) is 25.7 Å². The van der Waals surface area contributed by atoms with E-state index in [9.17, 15) is 43.2 Å². The fourth-order valence-electron chi connectivity index (χ4n) is 13.5. The van der Waals surface area contributed by atoms with E-state index in [2.05, 4.69) is 48.5 Å². The highest BCUT2D eigenvalue weighted by Crippen LogP contribution is 2.45. The summed E-state index contributed by atoms with van der Waals surface area (Å²) in [5, 5.41) is 10.7. The molecule has 19 heteroatoms. The summed E-state index contributed by atoms with van der Waals surface area (Å²) in [4.78, 5) is 73.3. The first kappa shape index (κ1) is 104. The Morgan fingerprint density at radius 1 is 0.274 bits per heavy atom. The van der Waals surface area contributed by atoms with Crippen LogP contribution in [0.15, 0.2) is 0 Å². The number of hydrogen-bond donors (Lipinski definition) is 3. The van der Waals surface area contributed by atoms with Crippen LogP contribution in [0.2, 0.25) is 0 Å². The van der Waals surface area contributed by atoms with Crippen LogP contribution >= 0.6 is 15.6 Å². The van der Waals surface area contributed by atoms with E-state index >= 15 is 0 Å². The molecule has 0 bridgehead atoms. The second-order valence-corrected chi connectivity index (χ2v) is 35.4. The van der Waals surface area contributed by atoms with Crippen LogP contribution in [0, 0.1) is 17.8 Å². The highest BCUT2D eigenvalue weighted by molar-refractivity contribution is 7.47. The van der Waals surface area contributed by atoms with Crippen LogP contribution in [0.5, 0.6) is 0 Å². The Hall–Kier alpha value is -1.94. The maximum atomic E-state index is 13.2. The molecule has 0 saturated heterocycles. The Balaban J connectivity index is 5.25. The van der Waals surface area contributed by atoms with Gasteiger partial charge in [0.2, 0.25) is 0 Å². The summed E-state index contributed by atoms with van der Waals surface area (Å²) in [5.74, 6) is 0.275. The molecule has 0 aromatic carbocycles. The Morgan fingerprint density at radius 3 is 0.717 bits per heavy atom. The number of aliphatic hydroxyl groups excluding tert-OH is 1. The summed E-state index contributed by atoms with van der Waals surface area (Å²) < 4.78 is 69.0. The minimum atomic E-state index is -4.97. The van der Waals surface area contributed by atoms with Gasteiger partial charge in [0.05, 0.1) is 26.4 Å². The van der Waals surface area contributed by atoms with Crippen molar-refractivity contribution in [1.82, 2.24) is 0 Å². The van der Waals surface area contributed by atoms with Gasteiger partial charge in [0.25, 0.3) is 0 Å². The van der Waals surface area contributed by atoms with Crippen molar-refractivity contribution < 1.29 is 80.2 Å². The van der Waals surface area contributed by atoms with Crippen molar-refractivity contribution in [2.24, 2.45) is 17.8 Å². The van der Waals surface area contributed by atoms with Gasteiger partial charge in [0.15, 0.2) is 12.2 Å². The zero-order valence-electron chi connectivity index (χ0n) is 69.9. The molecule has 0 aliphatic rings. The molecular weight excluding hydrogens is 1380 g/mol. The summed E-state index contributed by atoms with van der Waals surface area (Å²) in [7, 11) is -9.93. The summed E-state index contributed by atoms with van der Waals surface area (Å²) in [6.45, 7) is 12.0. The van der Waals surface area contributed by atoms with Gasteiger partial charge in [0.1, 0.15) is 19.3 Å².